The zero-order valence-electron chi connectivity index (χ0n) is 19.3. The first-order valence-corrected chi connectivity index (χ1v) is 11.6. The summed E-state index contributed by atoms with van der Waals surface area (Å²) in [6, 6.07) is 12.3. The molecular formula is C25H24N4O4S. The number of aliphatic imine (C=N–C) groups is 1. The SMILES string of the molecule is CCOc1cc(/C=C2\C(=N)N3N=C(C)SC3=NC2=O)ccc1OC(=O)c1ccc(C(C)C)cc1. The third-order valence-corrected chi connectivity index (χ3v) is 5.97. The lowest BCUT2D eigenvalue weighted by molar-refractivity contribution is -0.114. The van der Waals surface area contributed by atoms with Gasteiger partial charge in [0.25, 0.3) is 5.91 Å². The smallest absolute Gasteiger partial charge is 0.343 e. The van der Waals surface area contributed by atoms with Crippen molar-refractivity contribution in [1.29, 1.82) is 5.41 Å². The number of carbonyl (C=O) groups is 2. The standard InChI is InChI=1S/C25H24N4O4S/c1-5-32-21-13-16(12-19-22(26)29-25(27-23(19)30)34-15(4)28-29)6-11-20(21)33-24(31)18-9-7-17(8-10-18)14(2)3/h6-14,26H,5H2,1-4H3/b19-12+,26-22?. The van der Waals surface area contributed by atoms with Gasteiger partial charge < -0.3 is 9.47 Å². The van der Waals surface area contributed by atoms with Crippen LogP contribution in [-0.2, 0) is 4.79 Å². The van der Waals surface area contributed by atoms with Gasteiger partial charge in [-0.3, -0.25) is 10.2 Å². The topological polar surface area (TPSA) is 104 Å². The number of fused-ring (bicyclic) bond motifs is 1. The number of nitrogens with one attached hydrogen (secondary N) is 1. The molecule has 8 nitrogen and oxygen atoms in total. The lowest BCUT2D eigenvalue weighted by atomic mass is 10.0. The molecule has 0 aromatic heterocycles. The van der Waals surface area contributed by atoms with E-state index < -0.39 is 11.9 Å². The Balaban J connectivity index is 1.59. The average Bonchev–Trinajstić information content (AvgIpc) is 3.18. The quantitative estimate of drug-likeness (QED) is 0.355. The number of hydrogen-bond donors (Lipinski definition) is 1. The molecule has 0 aliphatic carbocycles. The van der Waals surface area contributed by atoms with Crippen LogP contribution in [0.3, 0.4) is 0 Å². The minimum absolute atomic E-state index is 0.0438. The fraction of sp³-hybridized carbons (Fsp3) is 0.240. The maximum atomic E-state index is 12.7. The van der Waals surface area contributed by atoms with Crippen molar-refractivity contribution in [2.75, 3.05) is 6.61 Å². The fourth-order valence-electron chi connectivity index (χ4n) is 3.38. The van der Waals surface area contributed by atoms with Crippen LogP contribution in [-0.4, -0.2) is 39.5 Å². The van der Waals surface area contributed by atoms with Gasteiger partial charge in [-0.05, 0) is 73.0 Å². The molecule has 0 radical (unpaired) electrons. The van der Waals surface area contributed by atoms with Gasteiger partial charge >= 0.3 is 5.97 Å². The molecule has 0 unspecified atom stereocenters. The molecule has 0 atom stereocenters. The molecule has 2 aromatic carbocycles. The van der Waals surface area contributed by atoms with Crippen molar-refractivity contribution < 1.29 is 19.1 Å². The van der Waals surface area contributed by atoms with E-state index in [9.17, 15) is 9.59 Å². The van der Waals surface area contributed by atoms with Crippen LogP contribution in [0.4, 0.5) is 0 Å². The summed E-state index contributed by atoms with van der Waals surface area (Å²) in [6.45, 7) is 8.15. The van der Waals surface area contributed by atoms with Crippen LogP contribution in [0, 0.1) is 5.41 Å². The van der Waals surface area contributed by atoms with Crippen molar-refractivity contribution >= 4 is 45.8 Å². The van der Waals surface area contributed by atoms with Gasteiger partial charge in [0.1, 0.15) is 0 Å². The van der Waals surface area contributed by atoms with Gasteiger partial charge in [0, 0.05) is 0 Å². The minimum Gasteiger partial charge on any atom is -0.490 e. The van der Waals surface area contributed by atoms with E-state index in [-0.39, 0.29) is 17.2 Å². The van der Waals surface area contributed by atoms with E-state index in [0.29, 0.717) is 39.6 Å². The Morgan fingerprint density at radius 2 is 1.91 bits per heavy atom. The van der Waals surface area contributed by atoms with Crippen molar-refractivity contribution in [3.63, 3.8) is 0 Å². The fourth-order valence-corrected chi connectivity index (χ4v) is 4.12. The number of amides is 1. The molecular weight excluding hydrogens is 452 g/mol. The first kappa shape index (κ1) is 23.4. The number of rotatable bonds is 6. The van der Waals surface area contributed by atoms with Gasteiger partial charge in [0.15, 0.2) is 17.3 Å². The summed E-state index contributed by atoms with van der Waals surface area (Å²) in [5.41, 5.74) is 2.29. The van der Waals surface area contributed by atoms with E-state index in [1.54, 1.807) is 43.3 Å². The Kier molecular flexibility index (Phi) is 6.65. The summed E-state index contributed by atoms with van der Waals surface area (Å²) >= 11 is 1.25. The van der Waals surface area contributed by atoms with E-state index >= 15 is 0 Å². The van der Waals surface area contributed by atoms with Crippen LogP contribution < -0.4 is 9.47 Å². The van der Waals surface area contributed by atoms with Crippen LogP contribution in [0.1, 0.15) is 55.1 Å². The van der Waals surface area contributed by atoms with Crippen molar-refractivity contribution in [1.82, 2.24) is 5.01 Å². The Hall–Kier alpha value is -3.72. The van der Waals surface area contributed by atoms with E-state index in [1.807, 2.05) is 19.1 Å². The van der Waals surface area contributed by atoms with E-state index in [2.05, 4.69) is 23.9 Å². The number of ether oxygens (including phenoxy) is 2. The highest BCUT2D eigenvalue weighted by Crippen LogP contribution is 2.32. The highest BCUT2D eigenvalue weighted by atomic mass is 32.2. The van der Waals surface area contributed by atoms with Crippen molar-refractivity contribution in [2.24, 2.45) is 10.1 Å². The molecule has 2 aliphatic heterocycles. The van der Waals surface area contributed by atoms with E-state index in [0.717, 1.165) is 5.56 Å². The molecule has 0 saturated carbocycles. The third kappa shape index (κ3) is 4.79. The highest BCUT2D eigenvalue weighted by Gasteiger charge is 2.34. The van der Waals surface area contributed by atoms with Crippen LogP contribution >= 0.6 is 11.8 Å². The van der Waals surface area contributed by atoms with Crippen LogP contribution in [0.25, 0.3) is 6.08 Å². The number of amidine groups is 2. The Bertz CT molecular complexity index is 1260. The number of hydrazone groups is 1. The predicted octanol–water partition coefficient (Wildman–Crippen LogP) is 5.07. The number of nitrogens with zero attached hydrogens (tertiary/aromatic N) is 3. The maximum Gasteiger partial charge on any atom is 0.343 e. The molecule has 0 spiro atoms. The molecule has 1 N–H and O–H groups in total. The molecule has 2 aliphatic rings. The van der Waals surface area contributed by atoms with Gasteiger partial charge in [-0.25, -0.2) is 4.79 Å². The van der Waals surface area contributed by atoms with Gasteiger partial charge in [-0.2, -0.15) is 15.1 Å². The van der Waals surface area contributed by atoms with E-state index in [4.69, 9.17) is 14.9 Å². The molecule has 0 saturated heterocycles. The van der Waals surface area contributed by atoms with Crippen LogP contribution in [0.15, 0.2) is 58.1 Å². The molecule has 2 aromatic rings. The first-order chi connectivity index (χ1) is 16.3. The normalized spacial score (nSPS) is 16.5. The van der Waals surface area contributed by atoms with Crippen LogP contribution in [0.5, 0.6) is 11.5 Å². The zero-order chi connectivity index (χ0) is 24.4. The molecule has 34 heavy (non-hydrogen) atoms. The summed E-state index contributed by atoms with van der Waals surface area (Å²) in [6.07, 6.45) is 1.55. The number of esters is 1. The Morgan fingerprint density at radius 1 is 1.18 bits per heavy atom. The van der Waals surface area contributed by atoms with Gasteiger partial charge in [-0.15, -0.1) is 0 Å². The van der Waals surface area contributed by atoms with Crippen LogP contribution in [0.2, 0.25) is 0 Å². The highest BCUT2D eigenvalue weighted by molar-refractivity contribution is 8.26. The van der Waals surface area contributed by atoms with E-state index in [1.165, 1.54) is 16.8 Å². The Morgan fingerprint density at radius 3 is 2.59 bits per heavy atom. The monoisotopic (exact) mass is 476 g/mol. The largest absolute Gasteiger partial charge is 0.490 e. The maximum absolute atomic E-state index is 12.7. The lowest BCUT2D eigenvalue weighted by Gasteiger charge is -2.20. The number of benzene rings is 2. The second-order valence-electron chi connectivity index (χ2n) is 7.94. The third-order valence-electron chi connectivity index (χ3n) is 5.15. The summed E-state index contributed by atoms with van der Waals surface area (Å²) < 4.78 is 11.3. The second kappa shape index (κ2) is 9.64. The summed E-state index contributed by atoms with van der Waals surface area (Å²) in [7, 11) is 0. The van der Waals surface area contributed by atoms with Gasteiger partial charge in [0.2, 0.25) is 5.17 Å². The average molecular weight is 477 g/mol. The molecule has 9 heteroatoms. The predicted molar refractivity (Wildman–Crippen MR) is 134 cm³/mol. The Labute approximate surface area is 201 Å². The summed E-state index contributed by atoms with van der Waals surface area (Å²) in [5, 5.41) is 15.1. The van der Waals surface area contributed by atoms with Crippen molar-refractivity contribution in [3.05, 3.63) is 64.7 Å². The molecule has 2 heterocycles. The van der Waals surface area contributed by atoms with Crippen molar-refractivity contribution in [2.45, 2.75) is 33.6 Å². The summed E-state index contributed by atoms with van der Waals surface area (Å²) in [4.78, 5) is 29.2. The first-order valence-electron chi connectivity index (χ1n) is 10.8. The zero-order valence-corrected chi connectivity index (χ0v) is 20.1. The van der Waals surface area contributed by atoms with Gasteiger partial charge in [-0.1, -0.05) is 32.0 Å². The molecule has 1 amide bonds. The van der Waals surface area contributed by atoms with Gasteiger partial charge in [0.05, 0.1) is 22.8 Å². The second-order valence-corrected chi connectivity index (χ2v) is 9.10. The molecule has 174 valence electrons. The number of thioether (sulfide) groups is 1. The number of carbonyl (C=O) groups excluding carboxylic acids is 2. The minimum atomic E-state index is -0.507. The number of hydrogen-bond acceptors (Lipinski definition) is 7. The molecule has 0 bridgehead atoms. The summed E-state index contributed by atoms with van der Waals surface area (Å²) in [5.74, 6) is -0.0546. The molecule has 4 rings (SSSR count). The van der Waals surface area contributed by atoms with Crippen molar-refractivity contribution in [3.8, 4) is 11.5 Å². The lowest BCUT2D eigenvalue weighted by Crippen LogP contribution is -2.35. The molecule has 0 fully saturated rings.